The van der Waals surface area contributed by atoms with Crippen LogP contribution in [0.5, 0.6) is 5.75 Å². The van der Waals surface area contributed by atoms with Crippen LogP contribution in [0.15, 0.2) is 55.5 Å². The summed E-state index contributed by atoms with van der Waals surface area (Å²) >= 11 is 0. The van der Waals surface area contributed by atoms with Gasteiger partial charge in [-0.05, 0) is 32.3 Å². The number of carbonyl (C=O) groups excluding carboxylic acids is 1. The molecule has 0 aliphatic heterocycles. The quantitative estimate of drug-likeness (QED) is 0.292. The average Bonchev–Trinajstić information content (AvgIpc) is 3.36. The van der Waals surface area contributed by atoms with Crippen LogP contribution in [-0.2, 0) is 4.79 Å². The predicted molar refractivity (Wildman–Crippen MR) is 143 cm³/mol. The number of amides is 1. The minimum atomic E-state index is -0.602. The number of anilines is 3. The molecule has 0 atom stereocenters. The number of methoxy groups -OCH3 is 1. The monoisotopic (exact) mass is 486 g/mol. The van der Waals surface area contributed by atoms with Crippen molar-refractivity contribution in [3.05, 3.63) is 61.1 Å². The van der Waals surface area contributed by atoms with Gasteiger partial charge in [-0.2, -0.15) is 4.98 Å². The summed E-state index contributed by atoms with van der Waals surface area (Å²) in [5.41, 5.74) is 9.53. The van der Waals surface area contributed by atoms with Gasteiger partial charge in [-0.25, -0.2) is 9.97 Å². The summed E-state index contributed by atoms with van der Waals surface area (Å²) in [6.45, 7) is 5.47. The summed E-state index contributed by atoms with van der Waals surface area (Å²) in [5.74, 6) is 0.790. The number of fused-ring (bicyclic) bond motifs is 1. The second-order valence-electron chi connectivity index (χ2n) is 8.64. The molecule has 0 aliphatic carbocycles. The lowest BCUT2D eigenvalue weighted by Gasteiger charge is -2.26. The molecule has 4 N–H and O–H groups in total. The molecule has 0 fully saturated rings. The zero-order valence-corrected chi connectivity index (χ0v) is 20.9. The van der Waals surface area contributed by atoms with E-state index in [0.717, 1.165) is 35.2 Å². The number of para-hydroxylation sites is 1. The Morgan fingerprint density at radius 1 is 1.17 bits per heavy atom. The summed E-state index contributed by atoms with van der Waals surface area (Å²) in [6, 6.07) is 11.6. The van der Waals surface area contributed by atoms with E-state index < -0.39 is 5.91 Å². The first-order chi connectivity index (χ1) is 17.3. The number of rotatable bonds is 10. The van der Waals surface area contributed by atoms with Crippen molar-refractivity contribution in [1.82, 2.24) is 24.8 Å². The van der Waals surface area contributed by atoms with Crippen molar-refractivity contribution in [3.63, 3.8) is 0 Å². The highest BCUT2D eigenvalue weighted by Crippen LogP contribution is 2.37. The van der Waals surface area contributed by atoms with Gasteiger partial charge in [0.15, 0.2) is 5.82 Å². The summed E-state index contributed by atoms with van der Waals surface area (Å²) < 4.78 is 5.67. The fraction of sp³-hybridized carbons (Fsp3) is 0.231. The van der Waals surface area contributed by atoms with Crippen molar-refractivity contribution < 1.29 is 9.53 Å². The first kappa shape index (κ1) is 24.7. The minimum absolute atomic E-state index is 0.196. The van der Waals surface area contributed by atoms with Crippen molar-refractivity contribution in [1.29, 1.82) is 0 Å². The average molecular weight is 487 g/mol. The van der Waals surface area contributed by atoms with Crippen LogP contribution in [0.25, 0.3) is 27.9 Å². The lowest BCUT2D eigenvalue weighted by atomic mass is 10.0. The first-order valence-electron chi connectivity index (χ1n) is 11.4. The number of H-pyrrole nitrogens is 1. The molecule has 0 radical (unpaired) electrons. The standard InChI is InChI=1S/C26H30N8O2/c1-16(24(27)35)19-13-20(22(36-5)14-21(19)34(4)12-11-33(2)3)31-26-30-15-29-25(32-26)18-8-6-7-17-9-10-28-23(17)18/h6-10,13-15,28H,1,11-12H2,2-5H3,(H2,27,35)(H,29,30,31,32). The minimum Gasteiger partial charge on any atom is -0.494 e. The Labute approximate surface area is 209 Å². The van der Waals surface area contributed by atoms with E-state index in [4.69, 9.17) is 10.5 Å². The molecule has 10 nitrogen and oxygen atoms in total. The van der Waals surface area contributed by atoms with E-state index in [9.17, 15) is 4.79 Å². The molecule has 1 amide bonds. The lowest BCUT2D eigenvalue weighted by molar-refractivity contribution is -0.112. The van der Waals surface area contributed by atoms with Crippen LogP contribution in [0.4, 0.5) is 17.3 Å². The van der Waals surface area contributed by atoms with Crippen molar-refractivity contribution in [2.24, 2.45) is 5.73 Å². The van der Waals surface area contributed by atoms with Gasteiger partial charge in [0.05, 0.1) is 18.3 Å². The number of nitrogens with two attached hydrogens (primary N) is 1. The van der Waals surface area contributed by atoms with Crippen LogP contribution in [-0.4, -0.2) is 72.1 Å². The van der Waals surface area contributed by atoms with Gasteiger partial charge in [-0.15, -0.1) is 0 Å². The maximum atomic E-state index is 12.1. The van der Waals surface area contributed by atoms with Crippen molar-refractivity contribution in [2.45, 2.75) is 0 Å². The highest BCUT2D eigenvalue weighted by atomic mass is 16.5. The van der Waals surface area contributed by atoms with Gasteiger partial charge in [0.25, 0.3) is 0 Å². The van der Waals surface area contributed by atoms with Crippen LogP contribution in [0.1, 0.15) is 5.56 Å². The molecule has 0 bridgehead atoms. The summed E-state index contributed by atoms with van der Waals surface area (Å²) in [5, 5.41) is 4.27. The Bertz CT molecular complexity index is 1410. The highest BCUT2D eigenvalue weighted by Gasteiger charge is 2.19. The van der Waals surface area contributed by atoms with Gasteiger partial charge < -0.3 is 30.6 Å². The van der Waals surface area contributed by atoms with Crippen molar-refractivity contribution in [3.8, 4) is 17.1 Å². The molecule has 0 spiro atoms. The predicted octanol–water partition coefficient (Wildman–Crippen LogP) is 3.27. The van der Waals surface area contributed by atoms with Gasteiger partial charge in [0, 0.05) is 60.2 Å². The van der Waals surface area contributed by atoms with E-state index in [1.807, 2.05) is 62.6 Å². The van der Waals surface area contributed by atoms with E-state index in [0.29, 0.717) is 28.8 Å². The lowest BCUT2D eigenvalue weighted by Crippen LogP contribution is -2.29. The molecule has 4 rings (SSSR count). The van der Waals surface area contributed by atoms with E-state index in [2.05, 4.69) is 36.7 Å². The third kappa shape index (κ3) is 5.13. The molecule has 2 aromatic heterocycles. The van der Waals surface area contributed by atoms with Crippen LogP contribution >= 0.6 is 0 Å². The SMILES string of the molecule is C=C(C(N)=O)c1cc(Nc2ncnc(-c3cccc4cc[nH]c34)n2)c(OC)cc1N(C)CCN(C)C. The third-order valence-electron chi connectivity index (χ3n) is 5.88. The largest absolute Gasteiger partial charge is 0.494 e. The maximum absolute atomic E-state index is 12.1. The third-order valence-corrected chi connectivity index (χ3v) is 5.88. The van der Waals surface area contributed by atoms with Gasteiger partial charge in [-0.1, -0.05) is 18.7 Å². The molecule has 2 heterocycles. The first-order valence-corrected chi connectivity index (χ1v) is 11.4. The zero-order valence-electron chi connectivity index (χ0n) is 20.9. The van der Waals surface area contributed by atoms with Crippen LogP contribution in [0.2, 0.25) is 0 Å². The number of likely N-dealkylation sites (N-methyl/N-ethyl adjacent to an activating group) is 2. The van der Waals surface area contributed by atoms with E-state index in [1.165, 1.54) is 6.33 Å². The van der Waals surface area contributed by atoms with Crippen LogP contribution in [0, 0.1) is 0 Å². The fourth-order valence-electron chi connectivity index (χ4n) is 3.87. The molecule has 0 unspecified atom stereocenters. The molecule has 0 saturated heterocycles. The number of aromatic amines is 1. The number of benzene rings is 2. The number of ether oxygens (including phenoxy) is 1. The van der Waals surface area contributed by atoms with E-state index in [1.54, 1.807) is 13.2 Å². The number of hydrogen-bond donors (Lipinski definition) is 3. The second kappa shape index (κ2) is 10.4. The molecule has 2 aromatic carbocycles. The number of carbonyl (C=O) groups is 1. The molecule has 10 heteroatoms. The number of primary amides is 1. The number of hydrogen-bond acceptors (Lipinski definition) is 8. The van der Waals surface area contributed by atoms with Crippen molar-refractivity contribution in [2.75, 3.05) is 51.6 Å². The van der Waals surface area contributed by atoms with Crippen LogP contribution < -0.4 is 20.7 Å². The topological polar surface area (TPSA) is 125 Å². The number of nitrogens with zero attached hydrogens (tertiary/aromatic N) is 5. The molecular formula is C26H30N8O2. The maximum Gasteiger partial charge on any atom is 0.248 e. The Kier molecular flexibility index (Phi) is 7.16. The molecule has 0 aliphatic rings. The second-order valence-corrected chi connectivity index (χ2v) is 8.64. The molecule has 0 saturated carbocycles. The summed E-state index contributed by atoms with van der Waals surface area (Å²) in [6.07, 6.45) is 3.33. The Balaban J connectivity index is 1.73. The highest BCUT2D eigenvalue weighted by molar-refractivity contribution is 6.19. The fourth-order valence-corrected chi connectivity index (χ4v) is 3.87. The molecular weight excluding hydrogens is 456 g/mol. The van der Waals surface area contributed by atoms with Crippen LogP contribution in [0.3, 0.4) is 0 Å². The summed E-state index contributed by atoms with van der Waals surface area (Å²) in [4.78, 5) is 32.7. The Hall–Kier alpha value is -4.44. The van der Waals surface area contributed by atoms with Gasteiger partial charge in [-0.3, -0.25) is 4.79 Å². The zero-order chi connectivity index (χ0) is 25.8. The normalized spacial score (nSPS) is 11.0. The summed E-state index contributed by atoms with van der Waals surface area (Å²) in [7, 11) is 7.54. The number of aromatic nitrogens is 4. The Morgan fingerprint density at radius 3 is 2.69 bits per heavy atom. The van der Waals surface area contributed by atoms with Crippen molar-refractivity contribution >= 4 is 39.7 Å². The van der Waals surface area contributed by atoms with Gasteiger partial charge in [0.1, 0.15) is 12.1 Å². The Morgan fingerprint density at radius 2 is 1.97 bits per heavy atom. The molecule has 186 valence electrons. The van der Waals surface area contributed by atoms with E-state index in [-0.39, 0.29) is 5.57 Å². The molecule has 36 heavy (non-hydrogen) atoms. The van der Waals surface area contributed by atoms with Gasteiger partial charge in [0.2, 0.25) is 11.9 Å². The van der Waals surface area contributed by atoms with Gasteiger partial charge >= 0.3 is 0 Å². The smallest absolute Gasteiger partial charge is 0.248 e. The molecule has 4 aromatic rings. The number of nitrogens with one attached hydrogen (secondary N) is 2. The van der Waals surface area contributed by atoms with E-state index >= 15 is 0 Å².